The van der Waals surface area contributed by atoms with Crippen molar-refractivity contribution < 1.29 is 18.7 Å². The normalized spacial score (nSPS) is 11.8. The van der Waals surface area contributed by atoms with E-state index in [4.69, 9.17) is 9.15 Å². The first-order valence-corrected chi connectivity index (χ1v) is 10.1. The van der Waals surface area contributed by atoms with Gasteiger partial charge in [-0.3, -0.25) is 0 Å². The van der Waals surface area contributed by atoms with Crippen LogP contribution in [0.25, 0.3) is 11.5 Å². The zero-order chi connectivity index (χ0) is 22.4. The lowest BCUT2D eigenvalue weighted by atomic mass is 10.1. The van der Waals surface area contributed by atoms with Crippen LogP contribution in [0, 0.1) is 6.92 Å². The molecule has 0 bridgehead atoms. The zero-order valence-electron chi connectivity index (χ0n) is 18.0. The molecule has 3 rings (SSSR count). The molecule has 8 nitrogen and oxygen atoms in total. The molecule has 1 heterocycles. The number of aryl methyl sites for hydroxylation is 1. The molecule has 3 aromatic rings. The van der Waals surface area contributed by atoms with Crippen molar-refractivity contribution in [2.24, 2.45) is 0 Å². The minimum absolute atomic E-state index is 0.0611. The first kappa shape index (κ1) is 22.0. The van der Waals surface area contributed by atoms with E-state index in [-0.39, 0.29) is 18.0 Å². The Hall–Kier alpha value is -3.68. The summed E-state index contributed by atoms with van der Waals surface area (Å²) in [5, 5.41) is 13.5. The molecule has 0 saturated heterocycles. The SMILES string of the molecule is Cc1ccc(-c2nnc([C@@H](C)OC(=O)c3ccc(CNC(=O)NC(C)C)cc3)o2)cc1. The van der Waals surface area contributed by atoms with Crippen LogP contribution in [0.4, 0.5) is 4.79 Å². The maximum absolute atomic E-state index is 12.4. The van der Waals surface area contributed by atoms with Gasteiger partial charge in [-0.15, -0.1) is 10.2 Å². The van der Waals surface area contributed by atoms with Gasteiger partial charge in [0, 0.05) is 18.2 Å². The molecule has 8 heteroatoms. The van der Waals surface area contributed by atoms with Crippen LogP contribution in [0.15, 0.2) is 52.9 Å². The number of hydrogen-bond acceptors (Lipinski definition) is 6. The van der Waals surface area contributed by atoms with Crippen LogP contribution >= 0.6 is 0 Å². The average Bonchev–Trinajstić information content (AvgIpc) is 3.23. The first-order chi connectivity index (χ1) is 14.8. The topological polar surface area (TPSA) is 106 Å². The third-order valence-corrected chi connectivity index (χ3v) is 4.43. The highest BCUT2D eigenvalue weighted by molar-refractivity contribution is 5.89. The van der Waals surface area contributed by atoms with Gasteiger partial charge in [-0.25, -0.2) is 9.59 Å². The molecule has 0 unspecified atom stereocenters. The van der Waals surface area contributed by atoms with E-state index in [2.05, 4.69) is 20.8 Å². The third-order valence-electron chi connectivity index (χ3n) is 4.43. The largest absolute Gasteiger partial charge is 0.449 e. The lowest BCUT2D eigenvalue weighted by molar-refractivity contribution is 0.0280. The van der Waals surface area contributed by atoms with Crippen molar-refractivity contribution in [1.82, 2.24) is 20.8 Å². The highest BCUT2D eigenvalue weighted by Gasteiger charge is 2.20. The number of nitrogens with one attached hydrogen (secondary N) is 2. The molecular formula is C23H26N4O4. The van der Waals surface area contributed by atoms with E-state index in [0.29, 0.717) is 18.0 Å². The molecular weight excluding hydrogens is 396 g/mol. The predicted molar refractivity (Wildman–Crippen MR) is 115 cm³/mol. The molecule has 1 atom stereocenters. The van der Waals surface area contributed by atoms with Crippen LogP contribution in [0.5, 0.6) is 0 Å². The van der Waals surface area contributed by atoms with E-state index >= 15 is 0 Å². The van der Waals surface area contributed by atoms with E-state index in [1.54, 1.807) is 31.2 Å². The van der Waals surface area contributed by atoms with Crippen LogP contribution in [0.3, 0.4) is 0 Å². The quantitative estimate of drug-likeness (QED) is 0.554. The fourth-order valence-electron chi connectivity index (χ4n) is 2.74. The van der Waals surface area contributed by atoms with Crippen molar-refractivity contribution in [2.45, 2.75) is 46.4 Å². The van der Waals surface area contributed by atoms with Gasteiger partial charge in [0.05, 0.1) is 5.56 Å². The van der Waals surface area contributed by atoms with Gasteiger partial charge in [-0.1, -0.05) is 29.8 Å². The Morgan fingerprint density at radius 1 is 1.00 bits per heavy atom. The molecule has 2 N–H and O–H groups in total. The second kappa shape index (κ2) is 9.88. The summed E-state index contributed by atoms with van der Waals surface area (Å²) >= 11 is 0. The number of carbonyl (C=O) groups excluding carboxylic acids is 2. The Morgan fingerprint density at radius 3 is 2.32 bits per heavy atom. The van der Waals surface area contributed by atoms with Gasteiger partial charge in [0.2, 0.25) is 5.89 Å². The summed E-state index contributed by atoms with van der Waals surface area (Å²) in [6, 6.07) is 14.4. The van der Waals surface area contributed by atoms with Crippen LogP contribution in [-0.4, -0.2) is 28.2 Å². The second-order valence-electron chi connectivity index (χ2n) is 7.54. The number of benzene rings is 2. The number of rotatable bonds is 7. The smallest absolute Gasteiger partial charge is 0.338 e. The zero-order valence-corrected chi connectivity index (χ0v) is 18.0. The number of nitrogens with zero attached hydrogens (tertiary/aromatic N) is 2. The monoisotopic (exact) mass is 422 g/mol. The number of urea groups is 1. The van der Waals surface area contributed by atoms with Crippen molar-refractivity contribution in [3.8, 4) is 11.5 Å². The van der Waals surface area contributed by atoms with Crippen molar-refractivity contribution in [3.63, 3.8) is 0 Å². The van der Waals surface area contributed by atoms with Crippen LogP contribution < -0.4 is 10.6 Å². The van der Waals surface area contributed by atoms with Crippen LogP contribution in [0.1, 0.15) is 54.3 Å². The minimum Gasteiger partial charge on any atom is -0.449 e. The van der Waals surface area contributed by atoms with Gasteiger partial charge < -0.3 is 19.8 Å². The molecule has 0 aliphatic carbocycles. The highest BCUT2D eigenvalue weighted by Crippen LogP contribution is 2.23. The molecule has 0 saturated carbocycles. The molecule has 0 spiro atoms. The van der Waals surface area contributed by atoms with Gasteiger partial charge in [-0.05, 0) is 57.5 Å². The first-order valence-electron chi connectivity index (χ1n) is 10.1. The standard InChI is InChI=1S/C23H26N4O4/c1-14(2)25-23(29)24-13-17-7-11-19(12-8-17)22(28)30-16(4)20-26-27-21(31-20)18-9-5-15(3)6-10-18/h5-12,14,16H,13H2,1-4H3,(H2,24,25,29)/t16-/m1/s1. The number of esters is 1. The van der Waals surface area contributed by atoms with E-state index < -0.39 is 12.1 Å². The fourth-order valence-corrected chi connectivity index (χ4v) is 2.74. The van der Waals surface area contributed by atoms with Crippen molar-refractivity contribution in [2.75, 3.05) is 0 Å². The lowest BCUT2D eigenvalue weighted by Gasteiger charge is -2.11. The summed E-state index contributed by atoms with van der Waals surface area (Å²) in [6.45, 7) is 7.80. The Bertz CT molecular complexity index is 1030. The molecule has 0 fully saturated rings. The van der Waals surface area contributed by atoms with Crippen molar-refractivity contribution in [3.05, 3.63) is 71.1 Å². The molecule has 2 aromatic carbocycles. The van der Waals surface area contributed by atoms with Crippen LogP contribution in [0.2, 0.25) is 0 Å². The van der Waals surface area contributed by atoms with Crippen LogP contribution in [-0.2, 0) is 11.3 Å². The third kappa shape index (κ3) is 6.15. The van der Waals surface area contributed by atoms with Crippen molar-refractivity contribution in [1.29, 1.82) is 0 Å². The summed E-state index contributed by atoms with van der Waals surface area (Å²) < 4.78 is 11.1. The van der Waals surface area contributed by atoms with E-state index in [1.165, 1.54) is 0 Å². The van der Waals surface area contributed by atoms with E-state index in [1.807, 2.05) is 45.0 Å². The molecule has 0 aliphatic heterocycles. The van der Waals surface area contributed by atoms with E-state index in [0.717, 1.165) is 16.7 Å². The Balaban J connectivity index is 1.56. The summed E-state index contributed by atoms with van der Waals surface area (Å²) in [5.41, 5.74) is 3.18. The molecule has 162 valence electrons. The Morgan fingerprint density at radius 2 is 1.68 bits per heavy atom. The molecule has 2 amide bonds. The van der Waals surface area contributed by atoms with Gasteiger partial charge >= 0.3 is 12.0 Å². The van der Waals surface area contributed by atoms with Gasteiger partial charge in [-0.2, -0.15) is 0 Å². The molecule has 31 heavy (non-hydrogen) atoms. The number of hydrogen-bond donors (Lipinski definition) is 2. The highest BCUT2D eigenvalue weighted by atomic mass is 16.6. The molecule has 0 radical (unpaired) electrons. The predicted octanol–water partition coefficient (Wildman–Crippen LogP) is 4.17. The summed E-state index contributed by atoms with van der Waals surface area (Å²) in [6.07, 6.45) is -0.694. The second-order valence-corrected chi connectivity index (χ2v) is 7.54. The van der Waals surface area contributed by atoms with Crippen molar-refractivity contribution >= 4 is 12.0 Å². The Labute approximate surface area is 181 Å². The number of aromatic nitrogens is 2. The minimum atomic E-state index is -0.694. The molecule has 0 aliphatic rings. The maximum atomic E-state index is 12.4. The molecule has 1 aromatic heterocycles. The summed E-state index contributed by atoms with van der Waals surface area (Å²) in [7, 11) is 0. The fraction of sp³-hybridized carbons (Fsp3) is 0.304. The number of ether oxygens (including phenoxy) is 1. The van der Waals surface area contributed by atoms with Gasteiger partial charge in [0.15, 0.2) is 6.10 Å². The Kier molecular flexibility index (Phi) is 7.02. The van der Waals surface area contributed by atoms with Gasteiger partial charge in [0.1, 0.15) is 0 Å². The summed E-state index contributed by atoms with van der Waals surface area (Å²) in [4.78, 5) is 24.1. The average molecular weight is 422 g/mol. The maximum Gasteiger partial charge on any atom is 0.338 e. The number of carbonyl (C=O) groups is 2. The van der Waals surface area contributed by atoms with Gasteiger partial charge in [0.25, 0.3) is 5.89 Å². The van der Waals surface area contributed by atoms with E-state index in [9.17, 15) is 9.59 Å². The summed E-state index contributed by atoms with van der Waals surface area (Å²) in [5.74, 6) is 0.0943. The number of amides is 2. The lowest BCUT2D eigenvalue weighted by Crippen LogP contribution is -2.39.